The van der Waals surface area contributed by atoms with Crippen molar-refractivity contribution in [2.75, 3.05) is 7.11 Å². The molecule has 0 unspecified atom stereocenters. The first kappa shape index (κ1) is 16.9. The van der Waals surface area contributed by atoms with Gasteiger partial charge < -0.3 is 4.74 Å². The lowest BCUT2D eigenvalue weighted by Crippen LogP contribution is -2.13. The molecule has 0 aliphatic carbocycles. The van der Waals surface area contributed by atoms with E-state index < -0.39 is 10.0 Å². The van der Waals surface area contributed by atoms with Gasteiger partial charge in [0.2, 0.25) is 10.0 Å². The number of sulfonamides is 1. The predicted octanol–water partition coefficient (Wildman–Crippen LogP) is 2.55. The van der Waals surface area contributed by atoms with Crippen molar-refractivity contribution in [3.05, 3.63) is 65.2 Å². The number of aryl methyl sites for hydroxylation is 1. The van der Waals surface area contributed by atoms with Crippen LogP contribution < -0.4 is 9.88 Å². The fraction of sp³-hybridized carbons (Fsp3) is 0.118. The predicted molar refractivity (Wildman–Crippen MR) is 88.9 cm³/mol. The first-order valence-corrected chi connectivity index (χ1v) is 8.36. The summed E-state index contributed by atoms with van der Waals surface area (Å²) in [6.45, 7) is 1.73. The maximum Gasteiger partial charge on any atom is 0.238 e. The Morgan fingerprint density at radius 1 is 1.17 bits per heavy atom. The van der Waals surface area contributed by atoms with Gasteiger partial charge in [-0.3, -0.25) is 4.79 Å². The molecule has 0 amide bonds. The van der Waals surface area contributed by atoms with Gasteiger partial charge in [-0.05, 0) is 42.8 Å². The second kappa shape index (κ2) is 6.76. The van der Waals surface area contributed by atoms with Gasteiger partial charge in [-0.1, -0.05) is 24.3 Å². The van der Waals surface area contributed by atoms with E-state index in [1.54, 1.807) is 32.2 Å². The van der Waals surface area contributed by atoms with Crippen molar-refractivity contribution in [1.82, 2.24) is 0 Å². The Balaban J connectivity index is 2.36. The van der Waals surface area contributed by atoms with Crippen LogP contribution in [0.25, 0.3) is 6.08 Å². The standard InChI is InChI=1S/C17H17NO4S/c1-12-7-9-14(23(18,20)21)11-15(12)16(19)10-8-13-5-3-4-6-17(13)22-2/h3-11H,1-2H3,(H2,18,20,21)/b10-8+. The average molecular weight is 331 g/mol. The first-order valence-electron chi connectivity index (χ1n) is 6.82. The van der Waals surface area contributed by atoms with Gasteiger partial charge in [0.1, 0.15) is 5.75 Å². The van der Waals surface area contributed by atoms with Crippen molar-refractivity contribution in [2.24, 2.45) is 5.14 Å². The number of carbonyl (C=O) groups excluding carboxylic acids is 1. The zero-order valence-electron chi connectivity index (χ0n) is 12.8. The number of carbonyl (C=O) groups is 1. The molecule has 0 bridgehead atoms. The molecule has 0 spiro atoms. The summed E-state index contributed by atoms with van der Waals surface area (Å²) in [6, 6.07) is 11.5. The topological polar surface area (TPSA) is 86.5 Å². The van der Waals surface area contributed by atoms with Crippen LogP contribution in [0.4, 0.5) is 0 Å². The van der Waals surface area contributed by atoms with E-state index in [1.165, 1.54) is 18.2 Å². The molecule has 2 N–H and O–H groups in total. The van der Waals surface area contributed by atoms with Crippen molar-refractivity contribution in [1.29, 1.82) is 0 Å². The number of nitrogens with two attached hydrogens (primary N) is 1. The lowest BCUT2D eigenvalue weighted by atomic mass is 10.0. The second-order valence-corrected chi connectivity index (χ2v) is 6.52. The lowest BCUT2D eigenvalue weighted by molar-refractivity contribution is 0.104. The summed E-state index contributed by atoms with van der Waals surface area (Å²) >= 11 is 0. The first-order chi connectivity index (χ1) is 10.8. The third-order valence-corrected chi connectivity index (χ3v) is 4.27. The SMILES string of the molecule is COc1ccccc1/C=C/C(=O)c1cc(S(N)(=O)=O)ccc1C. The van der Waals surface area contributed by atoms with Crippen LogP contribution in [0.15, 0.2) is 53.4 Å². The maximum absolute atomic E-state index is 12.4. The fourth-order valence-electron chi connectivity index (χ4n) is 2.10. The Labute approximate surface area is 135 Å². The van der Waals surface area contributed by atoms with Crippen molar-refractivity contribution in [3.8, 4) is 5.75 Å². The maximum atomic E-state index is 12.4. The highest BCUT2D eigenvalue weighted by molar-refractivity contribution is 7.89. The Kier molecular flexibility index (Phi) is 4.98. The van der Waals surface area contributed by atoms with Gasteiger partial charge in [-0.25, -0.2) is 13.6 Å². The third kappa shape index (κ3) is 4.06. The zero-order valence-corrected chi connectivity index (χ0v) is 13.6. The summed E-state index contributed by atoms with van der Waals surface area (Å²) in [5.74, 6) is 0.338. The fourth-order valence-corrected chi connectivity index (χ4v) is 2.64. The van der Waals surface area contributed by atoms with Crippen LogP contribution >= 0.6 is 0 Å². The van der Waals surface area contributed by atoms with Crippen LogP contribution in [0.5, 0.6) is 5.75 Å². The Hall–Kier alpha value is -2.44. The number of allylic oxidation sites excluding steroid dienone is 1. The van der Waals surface area contributed by atoms with Crippen LogP contribution in [0.1, 0.15) is 21.5 Å². The molecule has 0 aromatic heterocycles. The Morgan fingerprint density at radius 2 is 1.87 bits per heavy atom. The number of primary sulfonamides is 1. The molecule has 0 heterocycles. The molecule has 5 nitrogen and oxygen atoms in total. The molecule has 0 fully saturated rings. The highest BCUT2D eigenvalue weighted by Gasteiger charge is 2.13. The molecular formula is C17H17NO4S. The lowest BCUT2D eigenvalue weighted by Gasteiger charge is -2.06. The van der Waals surface area contributed by atoms with E-state index in [1.807, 2.05) is 18.2 Å². The molecule has 23 heavy (non-hydrogen) atoms. The molecule has 0 aliphatic rings. The van der Waals surface area contributed by atoms with Crippen molar-refractivity contribution in [2.45, 2.75) is 11.8 Å². The van der Waals surface area contributed by atoms with E-state index in [0.29, 0.717) is 16.9 Å². The van der Waals surface area contributed by atoms with Crippen molar-refractivity contribution < 1.29 is 17.9 Å². The van der Waals surface area contributed by atoms with Gasteiger partial charge in [-0.2, -0.15) is 0 Å². The number of methoxy groups -OCH3 is 1. The van der Waals surface area contributed by atoms with Gasteiger partial charge in [0, 0.05) is 11.1 Å². The molecule has 2 aromatic carbocycles. The molecule has 120 valence electrons. The minimum absolute atomic E-state index is 0.0860. The zero-order chi connectivity index (χ0) is 17.0. The summed E-state index contributed by atoms with van der Waals surface area (Å²) in [5.41, 5.74) is 1.72. The Bertz CT molecular complexity index is 870. The molecule has 6 heteroatoms. The van der Waals surface area contributed by atoms with Crippen LogP contribution in [0.3, 0.4) is 0 Å². The minimum atomic E-state index is -3.85. The third-order valence-electron chi connectivity index (χ3n) is 3.36. The van der Waals surface area contributed by atoms with Crippen LogP contribution in [-0.2, 0) is 10.0 Å². The van der Waals surface area contributed by atoms with Gasteiger partial charge in [0.25, 0.3) is 0 Å². The van der Waals surface area contributed by atoms with E-state index in [0.717, 1.165) is 5.56 Å². The normalized spacial score (nSPS) is 11.6. The number of benzene rings is 2. The second-order valence-electron chi connectivity index (χ2n) is 4.96. The van der Waals surface area contributed by atoms with Crippen LogP contribution in [0.2, 0.25) is 0 Å². The number of ketones is 1. The van der Waals surface area contributed by atoms with E-state index in [-0.39, 0.29) is 10.7 Å². The summed E-state index contributed by atoms with van der Waals surface area (Å²) in [5, 5.41) is 5.11. The number of hydrogen-bond acceptors (Lipinski definition) is 4. The summed E-state index contributed by atoms with van der Waals surface area (Å²) < 4.78 is 28.0. The van der Waals surface area contributed by atoms with Crippen LogP contribution in [0, 0.1) is 6.92 Å². The van der Waals surface area contributed by atoms with Crippen molar-refractivity contribution >= 4 is 21.9 Å². The summed E-state index contributed by atoms with van der Waals surface area (Å²) in [7, 11) is -2.30. The Morgan fingerprint density at radius 3 is 2.52 bits per heavy atom. The van der Waals surface area contributed by atoms with Crippen LogP contribution in [-0.4, -0.2) is 21.3 Å². The van der Waals surface area contributed by atoms with Gasteiger partial charge in [-0.15, -0.1) is 0 Å². The molecule has 0 saturated carbocycles. The molecule has 0 saturated heterocycles. The quantitative estimate of drug-likeness (QED) is 0.674. The minimum Gasteiger partial charge on any atom is -0.496 e. The molecular weight excluding hydrogens is 314 g/mol. The molecule has 2 aromatic rings. The van der Waals surface area contributed by atoms with Gasteiger partial charge in [0.15, 0.2) is 5.78 Å². The number of hydrogen-bond donors (Lipinski definition) is 1. The summed E-state index contributed by atoms with van der Waals surface area (Å²) in [4.78, 5) is 12.3. The number of para-hydroxylation sites is 1. The summed E-state index contributed by atoms with van der Waals surface area (Å²) in [6.07, 6.45) is 3.01. The highest BCUT2D eigenvalue weighted by atomic mass is 32.2. The van der Waals surface area contributed by atoms with E-state index in [2.05, 4.69) is 0 Å². The molecule has 0 atom stereocenters. The van der Waals surface area contributed by atoms with E-state index >= 15 is 0 Å². The van der Waals surface area contributed by atoms with E-state index in [4.69, 9.17) is 9.88 Å². The highest BCUT2D eigenvalue weighted by Crippen LogP contribution is 2.20. The van der Waals surface area contributed by atoms with Gasteiger partial charge >= 0.3 is 0 Å². The average Bonchev–Trinajstić information content (AvgIpc) is 2.52. The molecule has 0 radical (unpaired) electrons. The number of ether oxygens (including phenoxy) is 1. The van der Waals surface area contributed by atoms with E-state index in [9.17, 15) is 13.2 Å². The monoisotopic (exact) mass is 331 g/mol. The number of rotatable bonds is 5. The smallest absolute Gasteiger partial charge is 0.238 e. The molecule has 0 aliphatic heterocycles. The largest absolute Gasteiger partial charge is 0.496 e. The van der Waals surface area contributed by atoms with Gasteiger partial charge in [0.05, 0.1) is 12.0 Å². The molecule has 2 rings (SSSR count). The van der Waals surface area contributed by atoms with Crippen molar-refractivity contribution in [3.63, 3.8) is 0 Å².